The van der Waals surface area contributed by atoms with Crippen LogP contribution in [0.2, 0.25) is 0 Å². The summed E-state index contributed by atoms with van der Waals surface area (Å²) in [6.45, 7) is 7.53. The number of aliphatic hydroxyl groups excluding tert-OH is 1. The fraction of sp³-hybridized carbons (Fsp3) is 0.500. The lowest BCUT2D eigenvalue weighted by Crippen LogP contribution is -2.36. The van der Waals surface area contributed by atoms with Gasteiger partial charge in [0.15, 0.2) is 0 Å². The molecule has 2 aromatic rings. The van der Waals surface area contributed by atoms with E-state index in [0.717, 1.165) is 17.6 Å². The first-order chi connectivity index (χ1) is 9.99. The zero-order valence-electron chi connectivity index (χ0n) is 12.8. The minimum Gasteiger partial charge on any atom is -0.390 e. The zero-order chi connectivity index (χ0) is 15.4. The predicted molar refractivity (Wildman–Crippen MR) is 84.5 cm³/mol. The van der Waals surface area contributed by atoms with Crippen molar-refractivity contribution in [1.82, 2.24) is 14.9 Å². The summed E-state index contributed by atoms with van der Waals surface area (Å²) in [5.74, 6) is 0.531. The van der Waals surface area contributed by atoms with Crippen LogP contribution in [0.25, 0.3) is 11.0 Å². The van der Waals surface area contributed by atoms with Gasteiger partial charge < -0.3 is 15.0 Å². The standard InChI is InChI=1S/C16H23N3O2/c1-11(2)8-17-9-13(20)10-19-15-7-5-4-6-14(15)18-12(3)16(19)21/h4-7,11,13,17,20H,8-10H2,1-3H3. The van der Waals surface area contributed by atoms with Gasteiger partial charge in [-0.15, -0.1) is 0 Å². The van der Waals surface area contributed by atoms with Crippen molar-refractivity contribution in [2.45, 2.75) is 33.4 Å². The molecule has 114 valence electrons. The van der Waals surface area contributed by atoms with Gasteiger partial charge in [-0.05, 0) is 31.5 Å². The van der Waals surface area contributed by atoms with Crippen molar-refractivity contribution >= 4 is 11.0 Å². The lowest BCUT2D eigenvalue weighted by Gasteiger charge is -2.16. The van der Waals surface area contributed by atoms with Crippen LogP contribution < -0.4 is 10.9 Å². The highest BCUT2D eigenvalue weighted by atomic mass is 16.3. The normalized spacial score (nSPS) is 13.0. The van der Waals surface area contributed by atoms with Crippen LogP contribution in [-0.2, 0) is 6.54 Å². The van der Waals surface area contributed by atoms with E-state index in [9.17, 15) is 9.90 Å². The fourth-order valence-electron chi connectivity index (χ4n) is 2.32. The molecule has 1 aromatic carbocycles. The molecule has 0 fully saturated rings. The lowest BCUT2D eigenvalue weighted by atomic mass is 10.2. The van der Waals surface area contributed by atoms with Crippen LogP contribution >= 0.6 is 0 Å². The van der Waals surface area contributed by atoms with Gasteiger partial charge >= 0.3 is 0 Å². The van der Waals surface area contributed by atoms with Crippen LogP contribution in [0.3, 0.4) is 0 Å². The average Bonchev–Trinajstić information content (AvgIpc) is 2.43. The minimum atomic E-state index is -0.605. The molecule has 0 saturated carbocycles. The lowest BCUT2D eigenvalue weighted by molar-refractivity contribution is 0.150. The molecule has 1 aromatic heterocycles. The Balaban J connectivity index is 2.21. The highest BCUT2D eigenvalue weighted by Crippen LogP contribution is 2.10. The van der Waals surface area contributed by atoms with E-state index >= 15 is 0 Å². The molecule has 5 heteroatoms. The smallest absolute Gasteiger partial charge is 0.272 e. The first-order valence-electron chi connectivity index (χ1n) is 7.34. The number of hydrogen-bond acceptors (Lipinski definition) is 4. The zero-order valence-corrected chi connectivity index (χ0v) is 12.8. The number of aromatic nitrogens is 2. The van der Waals surface area contributed by atoms with Gasteiger partial charge in [0.2, 0.25) is 0 Å². The first-order valence-corrected chi connectivity index (χ1v) is 7.34. The van der Waals surface area contributed by atoms with E-state index in [1.54, 1.807) is 11.5 Å². The summed E-state index contributed by atoms with van der Waals surface area (Å²) in [6, 6.07) is 7.50. The van der Waals surface area contributed by atoms with Gasteiger partial charge in [0.1, 0.15) is 5.69 Å². The Morgan fingerprint density at radius 1 is 1.29 bits per heavy atom. The summed E-state index contributed by atoms with van der Waals surface area (Å²) < 4.78 is 1.61. The third-order valence-electron chi connectivity index (χ3n) is 3.34. The van der Waals surface area contributed by atoms with E-state index in [4.69, 9.17) is 0 Å². The SMILES string of the molecule is Cc1nc2ccccc2n(CC(O)CNCC(C)C)c1=O. The molecule has 0 saturated heterocycles. The largest absolute Gasteiger partial charge is 0.390 e. The highest BCUT2D eigenvalue weighted by Gasteiger charge is 2.12. The van der Waals surface area contributed by atoms with Crippen molar-refractivity contribution in [3.05, 3.63) is 40.3 Å². The summed E-state index contributed by atoms with van der Waals surface area (Å²) in [5, 5.41) is 13.4. The minimum absolute atomic E-state index is 0.142. The molecule has 1 unspecified atom stereocenters. The summed E-state index contributed by atoms with van der Waals surface area (Å²) in [4.78, 5) is 16.6. The van der Waals surface area contributed by atoms with E-state index < -0.39 is 6.10 Å². The van der Waals surface area contributed by atoms with Crippen LogP contribution in [0.1, 0.15) is 19.5 Å². The molecular weight excluding hydrogens is 266 g/mol. The molecule has 0 amide bonds. The molecule has 21 heavy (non-hydrogen) atoms. The Morgan fingerprint density at radius 2 is 2.00 bits per heavy atom. The number of rotatable bonds is 6. The third kappa shape index (κ3) is 3.89. The van der Waals surface area contributed by atoms with E-state index in [2.05, 4.69) is 24.1 Å². The number of para-hydroxylation sites is 2. The van der Waals surface area contributed by atoms with Crippen molar-refractivity contribution in [2.24, 2.45) is 5.92 Å². The van der Waals surface area contributed by atoms with Crippen LogP contribution in [0.5, 0.6) is 0 Å². The van der Waals surface area contributed by atoms with E-state index in [0.29, 0.717) is 18.2 Å². The molecule has 1 atom stereocenters. The molecule has 0 radical (unpaired) electrons. The van der Waals surface area contributed by atoms with Crippen LogP contribution in [-0.4, -0.2) is 33.9 Å². The number of fused-ring (bicyclic) bond motifs is 1. The van der Waals surface area contributed by atoms with Crippen molar-refractivity contribution in [1.29, 1.82) is 0 Å². The predicted octanol–water partition coefficient (Wildman–Crippen LogP) is 1.31. The summed E-state index contributed by atoms with van der Waals surface area (Å²) >= 11 is 0. The van der Waals surface area contributed by atoms with Gasteiger partial charge in [-0.1, -0.05) is 26.0 Å². The quantitative estimate of drug-likeness (QED) is 0.841. The van der Waals surface area contributed by atoms with Crippen molar-refractivity contribution in [3.63, 3.8) is 0 Å². The first kappa shape index (κ1) is 15.7. The van der Waals surface area contributed by atoms with Crippen molar-refractivity contribution in [2.75, 3.05) is 13.1 Å². The van der Waals surface area contributed by atoms with E-state index in [1.165, 1.54) is 0 Å². The summed E-state index contributed by atoms with van der Waals surface area (Å²) in [6.07, 6.45) is -0.605. The molecule has 1 heterocycles. The monoisotopic (exact) mass is 289 g/mol. The molecule has 0 spiro atoms. The van der Waals surface area contributed by atoms with Crippen LogP contribution in [0.15, 0.2) is 29.1 Å². The van der Waals surface area contributed by atoms with E-state index in [1.807, 2.05) is 24.3 Å². The topological polar surface area (TPSA) is 67.2 Å². The molecule has 0 aliphatic rings. The summed E-state index contributed by atoms with van der Waals surface area (Å²) in [7, 11) is 0. The maximum atomic E-state index is 12.3. The maximum absolute atomic E-state index is 12.3. The van der Waals surface area contributed by atoms with Gasteiger partial charge in [0, 0.05) is 6.54 Å². The van der Waals surface area contributed by atoms with Gasteiger partial charge in [0.25, 0.3) is 5.56 Å². The fourth-order valence-corrected chi connectivity index (χ4v) is 2.32. The Labute approximate surface area is 124 Å². The van der Waals surface area contributed by atoms with Gasteiger partial charge in [-0.25, -0.2) is 4.98 Å². The Morgan fingerprint density at radius 3 is 2.71 bits per heavy atom. The van der Waals surface area contributed by atoms with Crippen molar-refractivity contribution in [3.8, 4) is 0 Å². The third-order valence-corrected chi connectivity index (χ3v) is 3.34. The van der Waals surface area contributed by atoms with Crippen LogP contribution in [0, 0.1) is 12.8 Å². The number of nitrogens with one attached hydrogen (secondary N) is 1. The Kier molecular flexibility index (Phi) is 5.09. The van der Waals surface area contributed by atoms with Gasteiger partial charge in [0.05, 0.1) is 23.7 Å². The number of hydrogen-bond donors (Lipinski definition) is 2. The summed E-state index contributed by atoms with van der Waals surface area (Å²) in [5.41, 5.74) is 1.85. The average molecular weight is 289 g/mol. The second-order valence-electron chi connectivity index (χ2n) is 5.81. The number of aliphatic hydroxyl groups is 1. The highest BCUT2D eigenvalue weighted by molar-refractivity contribution is 5.74. The van der Waals surface area contributed by atoms with E-state index in [-0.39, 0.29) is 12.1 Å². The number of aryl methyl sites for hydroxylation is 1. The second-order valence-corrected chi connectivity index (χ2v) is 5.81. The van der Waals surface area contributed by atoms with Gasteiger partial charge in [-0.2, -0.15) is 0 Å². The molecule has 0 aliphatic heterocycles. The number of benzene rings is 1. The Hall–Kier alpha value is -1.72. The van der Waals surface area contributed by atoms with Gasteiger partial charge in [-0.3, -0.25) is 4.79 Å². The Bertz CT molecular complexity index is 664. The van der Waals surface area contributed by atoms with Crippen LogP contribution in [0.4, 0.5) is 0 Å². The maximum Gasteiger partial charge on any atom is 0.272 e. The molecule has 5 nitrogen and oxygen atoms in total. The molecule has 2 rings (SSSR count). The molecule has 0 aliphatic carbocycles. The van der Waals surface area contributed by atoms with Crippen molar-refractivity contribution < 1.29 is 5.11 Å². The molecule has 2 N–H and O–H groups in total. The second kappa shape index (κ2) is 6.83. The molecular formula is C16H23N3O2. The number of nitrogens with zero attached hydrogens (tertiary/aromatic N) is 2. The molecule has 0 bridgehead atoms.